The number of rotatable bonds is 7. The maximum Gasteiger partial charge on any atom is 0.185 e. The third kappa shape index (κ3) is 5.68. The highest BCUT2D eigenvalue weighted by molar-refractivity contribution is 7.15. The Hall–Kier alpha value is -0.360. The number of ether oxygens (including phenoxy) is 1. The van der Waals surface area contributed by atoms with Gasteiger partial charge in [0, 0.05) is 38.7 Å². The van der Waals surface area contributed by atoms with E-state index in [4.69, 9.17) is 4.74 Å². The van der Waals surface area contributed by atoms with E-state index in [-0.39, 0.29) is 12.4 Å². The summed E-state index contributed by atoms with van der Waals surface area (Å²) in [5, 5.41) is 4.43. The van der Waals surface area contributed by atoms with Gasteiger partial charge in [-0.15, -0.1) is 23.7 Å². The lowest BCUT2D eigenvalue weighted by atomic mass is 10.4. The van der Waals surface area contributed by atoms with E-state index < -0.39 is 0 Å². The molecule has 0 saturated carbocycles. The smallest absolute Gasteiger partial charge is 0.185 e. The summed E-state index contributed by atoms with van der Waals surface area (Å²) in [6.07, 6.45) is 0. The fraction of sp³-hybridized carbons (Fsp3) is 0.727. The first-order valence-electron chi connectivity index (χ1n) is 5.57. The van der Waals surface area contributed by atoms with Crippen LogP contribution in [0.3, 0.4) is 0 Å². The molecule has 1 rings (SSSR count). The van der Waals surface area contributed by atoms with Crippen LogP contribution in [-0.2, 0) is 11.3 Å². The Labute approximate surface area is 114 Å². The van der Waals surface area contributed by atoms with Gasteiger partial charge in [0.05, 0.1) is 12.3 Å². The van der Waals surface area contributed by atoms with E-state index in [1.54, 1.807) is 11.3 Å². The van der Waals surface area contributed by atoms with Crippen molar-refractivity contribution in [1.29, 1.82) is 0 Å². The molecule has 0 fully saturated rings. The number of nitrogens with zero attached hydrogens (tertiary/aromatic N) is 2. The molecule has 0 radical (unpaired) electrons. The summed E-state index contributed by atoms with van der Waals surface area (Å²) >= 11 is 1.74. The Bertz CT molecular complexity index is 318. The first-order chi connectivity index (χ1) is 7.65. The minimum absolute atomic E-state index is 0. The summed E-state index contributed by atoms with van der Waals surface area (Å²) in [6.45, 7) is 7.40. The minimum atomic E-state index is 0. The van der Waals surface area contributed by atoms with Gasteiger partial charge in [-0.1, -0.05) is 0 Å². The molecule has 0 unspecified atom stereocenters. The van der Waals surface area contributed by atoms with E-state index in [9.17, 15) is 0 Å². The zero-order valence-corrected chi connectivity index (χ0v) is 12.6. The molecule has 6 heteroatoms. The van der Waals surface area contributed by atoms with Gasteiger partial charge in [-0.25, -0.2) is 4.98 Å². The molecule has 0 aromatic carbocycles. The van der Waals surface area contributed by atoms with Crippen LogP contribution in [0.1, 0.15) is 17.5 Å². The number of nitrogens with one attached hydrogen (secondary N) is 1. The Morgan fingerprint density at radius 3 is 2.65 bits per heavy atom. The predicted octanol–water partition coefficient (Wildman–Crippen LogP) is 2.07. The monoisotopic (exact) mass is 279 g/mol. The number of anilines is 1. The average molecular weight is 280 g/mol. The normalized spacial score (nSPS) is 10.1. The fourth-order valence-corrected chi connectivity index (χ4v) is 2.21. The number of hydrogen-bond acceptors (Lipinski definition) is 5. The molecule has 0 aliphatic rings. The molecule has 17 heavy (non-hydrogen) atoms. The van der Waals surface area contributed by atoms with Gasteiger partial charge in [-0.2, -0.15) is 0 Å². The van der Waals surface area contributed by atoms with Crippen molar-refractivity contribution in [3.8, 4) is 0 Å². The van der Waals surface area contributed by atoms with Gasteiger partial charge < -0.3 is 15.0 Å². The van der Waals surface area contributed by atoms with Gasteiger partial charge in [-0.3, -0.25) is 0 Å². The first kappa shape index (κ1) is 16.6. The third-order valence-electron chi connectivity index (χ3n) is 2.18. The first-order valence-corrected chi connectivity index (χ1v) is 6.39. The van der Waals surface area contributed by atoms with Crippen molar-refractivity contribution in [2.45, 2.75) is 20.4 Å². The van der Waals surface area contributed by atoms with E-state index >= 15 is 0 Å². The largest absolute Gasteiger partial charge is 0.380 e. The van der Waals surface area contributed by atoms with Crippen molar-refractivity contribution in [3.05, 3.63) is 10.6 Å². The van der Waals surface area contributed by atoms with Crippen LogP contribution in [0.15, 0.2) is 0 Å². The molecule has 1 N–H and O–H groups in total. The predicted molar refractivity (Wildman–Crippen MR) is 76.6 cm³/mol. The summed E-state index contributed by atoms with van der Waals surface area (Å²) in [5.41, 5.74) is 1.12. The van der Waals surface area contributed by atoms with E-state index in [0.29, 0.717) is 0 Å². The second-order valence-electron chi connectivity index (χ2n) is 3.77. The molecular weight excluding hydrogens is 258 g/mol. The van der Waals surface area contributed by atoms with Gasteiger partial charge >= 0.3 is 0 Å². The van der Waals surface area contributed by atoms with Crippen molar-refractivity contribution >= 4 is 28.9 Å². The van der Waals surface area contributed by atoms with Crippen molar-refractivity contribution in [3.63, 3.8) is 0 Å². The highest BCUT2D eigenvalue weighted by Gasteiger charge is 2.07. The Balaban J connectivity index is 0.00000256. The van der Waals surface area contributed by atoms with E-state index in [2.05, 4.69) is 17.2 Å². The molecule has 1 aromatic heterocycles. The number of aryl methyl sites for hydroxylation is 1. The summed E-state index contributed by atoms with van der Waals surface area (Å²) < 4.78 is 5.26. The van der Waals surface area contributed by atoms with E-state index in [1.165, 1.54) is 4.88 Å². The fourth-order valence-electron chi connectivity index (χ4n) is 1.26. The van der Waals surface area contributed by atoms with Crippen molar-refractivity contribution in [2.24, 2.45) is 0 Å². The standard InChI is InChI=1S/C11H21N3OS.ClH/c1-5-15-7-6-12-8-10-9(2)13-11(16-10)14(3)4;/h12H,5-8H2,1-4H3;1H. The highest BCUT2D eigenvalue weighted by Crippen LogP contribution is 2.23. The second-order valence-corrected chi connectivity index (χ2v) is 4.84. The molecule has 0 saturated heterocycles. The summed E-state index contributed by atoms with van der Waals surface area (Å²) in [6, 6.07) is 0. The van der Waals surface area contributed by atoms with Gasteiger partial charge in [-0.05, 0) is 13.8 Å². The van der Waals surface area contributed by atoms with Crippen LogP contribution in [0.2, 0.25) is 0 Å². The van der Waals surface area contributed by atoms with Crippen LogP contribution in [0.25, 0.3) is 0 Å². The van der Waals surface area contributed by atoms with E-state index in [1.807, 2.05) is 25.9 Å². The quantitative estimate of drug-likeness (QED) is 0.776. The van der Waals surface area contributed by atoms with Crippen LogP contribution >= 0.6 is 23.7 Å². The lowest BCUT2D eigenvalue weighted by Gasteiger charge is -2.05. The van der Waals surface area contributed by atoms with Gasteiger partial charge in [0.2, 0.25) is 0 Å². The van der Waals surface area contributed by atoms with Crippen molar-refractivity contribution < 1.29 is 4.74 Å². The average Bonchev–Trinajstić information content (AvgIpc) is 2.60. The lowest BCUT2D eigenvalue weighted by molar-refractivity contribution is 0.149. The summed E-state index contributed by atoms with van der Waals surface area (Å²) in [4.78, 5) is 7.85. The van der Waals surface area contributed by atoms with Crippen molar-refractivity contribution in [2.75, 3.05) is 38.8 Å². The zero-order valence-electron chi connectivity index (χ0n) is 10.9. The van der Waals surface area contributed by atoms with Crippen LogP contribution in [-0.4, -0.2) is 38.8 Å². The number of halogens is 1. The third-order valence-corrected chi connectivity index (χ3v) is 3.50. The van der Waals surface area contributed by atoms with Gasteiger partial charge in [0.1, 0.15) is 0 Å². The maximum atomic E-state index is 5.26. The molecule has 100 valence electrons. The van der Waals surface area contributed by atoms with E-state index in [0.717, 1.165) is 37.1 Å². The van der Waals surface area contributed by atoms with Crippen LogP contribution < -0.4 is 10.2 Å². The van der Waals surface area contributed by atoms with Crippen LogP contribution in [0.4, 0.5) is 5.13 Å². The molecule has 0 aliphatic heterocycles. The molecule has 1 heterocycles. The second kappa shape index (κ2) is 8.69. The molecule has 0 amide bonds. The van der Waals surface area contributed by atoms with Crippen LogP contribution in [0, 0.1) is 6.92 Å². The Morgan fingerprint density at radius 2 is 2.12 bits per heavy atom. The summed E-state index contributed by atoms with van der Waals surface area (Å²) in [7, 11) is 4.04. The molecule has 0 spiro atoms. The Kier molecular flexibility index (Phi) is 8.51. The van der Waals surface area contributed by atoms with Crippen molar-refractivity contribution in [1.82, 2.24) is 10.3 Å². The van der Waals surface area contributed by atoms with Gasteiger partial charge in [0.25, 0.3) is 0 Å². The minimum Gasteiger partial charge on any atom is -0.380 e. The Morgan fingerprint density at radius 1 is 1.41 bits per heavy atom. The number of aromatic nitrogens is 1. The molecule has 0 aliphatic carbocycles. The molecule has 0 atom stereocenters. The molecule has 4 nitrogen and oxygen atoms in total. The number of hydrogen-bond donors (Lipinski definition) is 1. The molecule has 1 aromatic rings. The zero-order chi connectivity index (χ0) is 12.0. The number of thiazole rings is 1. The maximum absolute atomic E-state index is 5.26. The highest BCUT2D eigenvalue weighted by atomic mass is 35.5. The SMILES string of the molecule is CCOCCNCc1sc(N(C)C)nc1C.Cl. The van der Waals surface area contributed by atoms with Gasteiger partial charge in [0.15, 0.2) is 5.13 Å². The molecule has 0 bridgehead atoms. The topological polar surface area (TPSA) is 37.4 Å². The molecular formula is C11H22ClN3OS. The lowest BCUT2D eigenvalue weighted by Crippen LogP contribution is -2.19. The summed E-state index contributed by atoms with van der Waals surface area (Å²) in [5.74, 6) is 0. The van der Waals surface area contributed by atoms with Crippen LogP contribution in [0.5, 0.6) is 0 Å².